The number of anilines is 1. The molecule has 0 saturated heterocycles. The third-order valence-corrected chi connectivity index (χ3v) is 4.13. The van der Waals surface area contributed by atoms with Crippen LogP contribution in [0.25, 0.3) is 0 Å². The number of thiophene rings is 1. The minimum absolute atomic E-state index is 0.130. The van der Waals surface area contributed by atoms with E-state index in [1.165, 1.54) is 10.4 Å². The molecule has 0 unspecified atom stereocenters. The van der Waals surface area contributed by atoms with Crippen molar-refractivity contribution in [1.82, 2.24) is 10.3 Å². The molecule has 0 aliphatic carbocycles. The molecule has 0 radical (unpaired) electrons. The molecular formula is C17H25N3S. The van der Waals surface area contributed by atoms with Gasteiger partial charge in [-0.3, -0.25) is 0 Å². The molecule has 2 aromatic heterocycles. The van der Waals surface area contributed by atoms with Crippen molar-refractivity contribution in [3.63, 3.8) is 0 Å². The van der Waals surface area contributed by atoms with Crippen LogP contribution in [-0.2, 0) is 13.1 Å². The molecule has 0 spiro atoms. The number of nitrogens with zero attached hydrogens (tertiary/aromatic N) is 2. The summed E-state index contributed by atoms with van der Waals surface area (Å²) >= 11 is 1.80. The molecule has 114 valence electrons. The fourth-order valence-corrected chi connectivity index (χ4v) is 2.78. The van der Waals surface area contributed by atoms with Gasteiger partial charge in [0.1, 0.15) is 5.82 Å². The SMILES string of the molecule is CCN(Cc1cccs1)c1cc(CNC(C)(C)C)ccn1. The van der Waals surface area contributed by atoms with Crippen molar-refractivity contribution >= 4 is 17.2 Å². The highest BCUT2D eigenvalue weighted by Crippen LogP contribution is 2.18. The zero-order chi connectivity index (χ0) is 15.3. The summed E-state index contributed by atoms with van der Waals surface area (Å²) in [7, 11) is 0. The van der Waals surface area contributed by atoms with E-state index in [0.717, 1.165) is 25.5 Å². The van der Waals surface area contributed by atoms with Crippen molar-refractivity contribution in [1.29, 1.82) is 0 Å². The first-order valence-electron chi connectivity index (χ1n) is 7.45. The van der Waals surface area contributed by atoms with Gasteiger partial charge in [-0.1, -0.05) is 6.07 Å². The van der Waals surface area contributed by atoms with Crippen LogP contribution < -0.4 is 10.2 Å². The van der Waals surface area contributed by atoms with Crippen molar-refractivity contribution in [3.05, 3.63) is 46.3 Å². The molecule has 0 aromatic carbocycles. The predicted octanol–water partition coefficient (Wildman–Crippen LogP) is 4.06. The van der Waals surface area contributed by atoms with Crippen molar-refractivity contribution in [2.24, 2.45) is 0 Å². The first kappa shape index (κ1) is 16.0. The number of hydrogen-bond acceptors (Lipinski definition) is 4. The third-order valence-electron chi connectivity index (χ3n) is 3.27. The molecule has 0 aliphatic heterocycles. The summed E-state index contributed by atoms with van der Waals surface area (Å²) < 4.78 is 0. The van der Waals surface area contributed by atoms with Crippen LogP contribution >= 0.6 is 11.3 Å². The molecule has 0 fully saturated rings. The van der Waals surface area contributed by atoms with E-state index in [9.17, 15) is 0 Å². The number of nitrogens with one attached hydrogen (secondary N) is 1. The fraction of sp³-hybridized carbons (Fsp3) is 0.471. The van der Waals surface area contributed by atoms with Crippen LogP contribution in [0.4, 0.5) is 5.82 Å². The molecule has 0 aliphatic rings. The van der Waals surface area contributed by atoms with Gasteiger partial charge >= 0.3 is 0 Å². The van der Waals surface area contributed by atoms with E-state index >= 15 is 0 Å². The molecule has 2 rings (SSSR count). The Balaban J connectivity index is 2.07. The van der Waals surface area contributed by atoms with Gasteiger partial charge in [0.15, 0.2) is 0 Å². The van der Waals surface area contributed by atoms with Crippen molar-refractivity contribution < 1.29 is 0 Å². The van der Waals surface area contributed by atoms with E-state index in [0.29, 0.717) is 0 Å². The van der Waals surface area contributed by atoms with E-state index in [2.05, 4.69) is 72.5 Å². The molecule has 2 aromatic rings. The van der Waals surface area contributed by atoms with Crippen molar-refractivity contribution in [2.75, 3.05) is 11.4 Å². The Labute approximate surface area is 132 Å². The lowest BCUT2D eigenvalue weighted by atomic mass is 10.1. The molecule has 4 heteroatoms. The third kappa shape index (κ3) is 5.14. The Hall–Kier alpha value is -1.39. The number of aromatic nitrogens is 1. The van der Waals surface area contributed by atoms with Crippen LogP contribution in [0, 0.1) is 0 Å². The number of pyridine rings is 1. The number of hydrogen-bond donors (Lipinski definition) is 1. The normalized spacial score (nSPS) is 11.6. The van der Waals surface area contributed by atoms with Crippen LogP contribution in [-0.4, -0.2) is 17.1 Å². The lowest BCUT2D eigenvalue weighted by Crippen LogP contribution is -2.35. The Bertz CT molecular complexity index is 543. The summed E-state index contributed by atoms with van der Waals surface area (Å²) in [5.74, 6) is 1.05. The summed E-state index contributed by atoms with van der Waals surface area (Å²) in [4.78, 5) is 8.22. The standard InChI is InChI=1S/C17H25N3S/c1-5-20(13-15-7-6-10-21-15)16-11-14(8-9-18-16)12-19-17(2,3)4/h6-11,19H,5,12-13H2,1-4H3. The van der Waals surface area contributed by atoms with Crippen molar-refractivity contribution in [2.45, 2.75) is 46.3 Å². The van der Waals surface area contributed by atoms with Crippen molar-refractivity contribution in [3.8, 4) is 0 Å². The molecular weight excluding hydrogens is 278 g/mol. The summed E-state index contributed by atoms with van der Waals surface area (Å²) in [5, 5.41) is 5.65. The second kappa shape index (κ2) is 7.05. The van der Waals surface area contributed by atoms with Gasteiger partial charge in [-0.05, 0) is 56.8 Å². The highest BCUT2D eigenvalue weighted by molar-refractivity contribution is 7.09. The van der Waals surface area contributed by atoms with Crippen LogP contribution in [0.15, 0.2) is 35.8 Å². The Kier molecular flexibility index (Phi) is 5.37. The monoisotopic (exact) mass is 303 g/mol. The van der Waals surface area contributed by atoms with Gasteiger partial charge in [0.2, 0.25) is 0 Å². The maximum atomic E-state index is 4.54. The van der Waals surface area contributed by atoms with Crippen LogP contribution in [0.1, 0.15) is 38.1 Å². The first-order chi connectivity index (χ1) is 9.98. The average Bonchev–Trinajstić information content (AvgIpc) is 2.95. The lowest BCUT2D eigenvalue weighted by Gasteiger charge is -2.23. The van der Waals surface area contributed by atoms with Gasteiger partial charge in [-0.2, -0.15) is 0 Å². The van der Waals surface area contributed by atoms with Gasteiger partial charge in [0.25, 0.3) is 0 Å². The van der Waals surface area contributed by atoms with E-state index < -0.39 is 0 Å². The molecule has 2 heterocycles. The number of rotatable bonds is 6. The molecule has 0 saturated carbocycles. The van der Waals surface area contributed by atoms with E-state index in [1.807, 2.05) is 6.20 Å². The smallest absolute Gasteiger partial charge is 0.129 e. The maximum Gasteiger partial charge on any atom is 0.129 e. The molecule has 1 N–H and O–H groups in total. The average molecular weight is 303 g/mol. The van der Waals surface area contributed by atoms with Gasteiger partial charge in [0.05, 0.1) is 6.54 Å². The van der Waals surface area contributed by atoms with Crippen LogP contribution in [0.2, 0.25) is 0 Å². The van der Waals surface area contributed by atoms with E-state index in [1.54, 1.807) is 11.3 Å². The summed E-state index contributed by atoms with van der Waals surface area (Å²) in [6.45, 7) is 11.5. The van der Waals surface area contributed by atoms with Gasteiger partial charge in [0, 0.05) is 29.7 Å². The quantitative estimate of drug-likeness (QED) is 0.872. The Morgan fingerprint density at radius 2 is 2.10 bits per heavy atom. The van der Waals surface area contributed by atoms with Gasteiger partial charge in [-0.15, -0.1) is 11.3 Å². The largest absolute Gasteiger partial charge is 0.352 e. The predicted molar refractivity (Wildman–Crippen MR) is 91.9 cm³/mol. The minimum Gasteiger partial charge on any atom is -0.352 e. The molecule has 0 amide bonds. The zero-order valence-corrected chi connectivity index (χ0v) is 14.2. The molecule has 0 bridgehead atoms. The van der Waals surface area contributed by atoms with E-state index in [4.69, 9.17) is 0 Å². The zero-order valence-electron chi connectivity index (χ0n) is 13.4. The Morgan fingerprint density at radius 1 is 1.29 bits per heavy atom. The summed E-state index contributed by atoms with van der Waals surface area (Å²) in [6, 6.07) is 8.56. The van der Waals surface area contributed by atoms with E-state index in [-0.39, 0.29) is 5.54 Å². The summed E-state index contributed by atoms with van der Waals surface area (Å²) in [6.07, 6.45) is 1.91. The Morgan fingerprint density at radius 3 is 2.71 bits per heavy atom. The van der Waals surface area contributed by atoms with Crippen LogP contribution in [0.5, 0.6) is 0 Å². The molecule has 21 heavy (non-hydrogen) atoms. The second-order valence-corrected chi connectivity index (χ2v) is 7.25. The maximum absolute atomic E-state index is 4.54. The minimum atomic E-state index is 0.130. The summed E-state index contributed by atoms with van der Waals surface area (Å²) in [5.41, 5.74) is 1.41. The first-order valence-corrected chi connectivity index (χ1v) is 8.33. The topological polar surface area (TPSA) is 28.2 Å². The second-order valence-electron chi connectivity index (χ2n) is 6.22. The lowest BCUT2D eigenvalue weighted by molar-refractivity contribution is 0.424. The molecule has 3 nitrogen and oxygen atoms in total. The van der Waals surface area contributed by atoms with Gasteiger partial charge in [-0.25, -0.2) is 4.98 Å². The van der Waals surface area contributed by atoms with Gasteiger partial charge < -0.3 is 10.2 Å². The highest BCUT2D eigenvalue weighted by Gasteiger charge is 2.11. The van der Waals surface area contributed by atoms with Crippen LogP contribution in [0.3, 0.4) is 0 Å². The fourth-order valence-electron chi connectivity index (χ4n) is 2.06. The molecule has 0 atom stereocenters. The highest BCUT2D eigenvalue weighted by atomic mass is 32.1.